The van der Waals surface area contributed by atoms with Crippen molar-refractivity contribution in [2.75, 3.05) is 19.7 Å². The first-order chi connectivity index (χ1) is 11.6. The molecule has 1 aliphatic heterocycles. The van der Waals surface area contributed by atoms with E-state index in [0.29, 0.717) is 17.9 Å². The van der Waals surface area contributed by atoms with Gasteiger partial charge in [-0.15, -0.1) is 0 Å². The van der Waals surface area contributed by atoms with Gasteiger partial charge in [0.05, 0.1) is 6.61 Å². The molecule has 0 bridgehead atoms. The third-order valence-electron chi connectivity index (χ3n) is 7.01. The fraction of sp³-hybridized carbons (Fsp3) is 0.895. The van der Waals surface area contributed by atoms with Gasteiger partial charge in [-0.25, -0.2) is 4.79 Å². The van der Waals surface area contributed by atoms with Gasteiger partial charge in [-0.3, -0.25) is 4.79 Å². The fourth-order valence-corrected chi connectivity index (χ4v) is 5.31. The zero-order chi connectivity index (χ0) is 16.7. The molecule has 1 heterocycles. The number of hydrogen-bond acceptors (Lipinski definition) is 3. The second kappa shape index (κ2) is 6.23. The van der Waals surface area contributed by atoms with Crippen molar-refractivity contribution in [1.29, 1.82) is 0 Å². The van der Waals surface area contributed by atoms with Crippen molar-refractivity contribution in [2.45, 2.75) is 64.3 Å². The summed E-state index contributed by atoms with van der Waals surface area (Å²) in [6.45, 7) is 4.16. The van der Waals surface area contributed by atoms with E-state index in [2.05, 4.69) is 10.2 Å². The molecule has 1 saturated heterocycles. The van der Waals surface area contributed by atoms with Gasteiger partial charge in [-0.1, -0.05) is 19.3 Å². The molecule has 134 valence electrons. The minimum Gasteiger partial charge on any atom is -0.450 e. The molecule has 0 aromatic rings. The number of amides is 2. The summed E-state index contributed by atoms with van der Waals surface area (Å²) >= 11 is 0. The Labute approximate surface area is 144 Å². The first-order valence-corrected chi connectivity index (χ1v) is 9.81. The summed E-state index contributed by atoms with van der Waals surface area (Å²) in [6.07, 6.45) is 9.58. The molecule has 3 saturated carbocycles. The van der Waals surface area contributed by atoms with E-state index in [1.807, 2.05) is 0 Å². The molecule has 1 spiro atoms. The predicted molar refractivity (Wildman–Crippen MR) is 90.4 cm³/mol. The highest BCUT2D eigenvalue weighted by Gasteiger charge is 2.52. The van der Waals surface area contributed by atoms with E-state index in [0.717, 1.165) is 37.8 Å². The maximum atomic E-state index is 12.6. The number of carbonyl (C=O) groups is 2. The first kappa shape index (κ1) is 16.2. The molecule has 1 unspecified atom stereocenters. The molecule has 2 amide bonds. The molecule has 1 N–H and O–H groups in total. The van der Waals surface area contributed by atoms with Crippen LogP contribution in [0.3, 0.4) is 0 Å². The lowest BCUT2D eigenvalue weighted by Gasteiger charge is -2.51. The molecular weight excluding hydrogens is 304 g/mol. The van der Waals surface area contributed by atoms with Crippen molar-refractivity contribution >= 4 is 12.0 Å². The Kier molecular flexibility index (Phi) is 4.21. The molecule has 0 radical (unpaired) electrons. The third-order valence-corrected chi connectivity index (χ3v) is 7.01. The zero-order valence-corrected chi connectivity index (χ0v) is 14.8. The maximum absolute atomic E-state index is 12.6. The monoisotopic (exact) mass is 334 g/mol. The van der Waals surface area contributed by atoms with Crippen LogP contribution in [0.2, 0.25) is 0 Å². The summed E-state index contributed by atoms with van der Waals surface area (Å²) < 4.78 is 4.88. The molecule has 24 heavy (non-hydrogen) atoms. The van der Waals surface area contributed by atoms with Crippen molar-refractivity contribution in [3.8, 4) is 0 Å². The number of ether oxygens (including phenoxy) is 1. The quantitative estimate of drug-likeness (QED) is 0.860. The van der Waals surface area contributed by atoms with E-state index in [-0.39, 0.29) is 18.1 Å². The lowest BCUT2D eigenvalue weighted by molar-refractivity contribution is -0.151. The highest BCUT2D eigenvalue weighted by molar-refractivity contribution is 5.81. The van der Waals surface area contributed by atoms with Gasteiger partial charge < -0.3 is 15.0 Å². The summed E-state index contributed by atoms with van der Waals surface area (Å²) in [4.78, 5) is 26.0. The van der Waals surface area contributed by atoms with Crippen LogP contribution < -0.4 is 5.32 Å². The summed E-state index contributed by atoms with van der Waals surface area (Å²) in [5.41, 5.74) is 0.461. The van der Waals surface area contributed by atoms with Crippen LogP contribution in [0.4, 0.5) is 4.79 Å². The minimum absolute atomic E-state index is 0.109. The predicted octanol–water partition coefficient (Wildman–Crippen LogP) is 2.94. The van der Waals surface area contributed by atoms with E-state index in [4.69, 9.17) is 4.74 Å². The van der Waals surface area contributed by atoms with E-state index in [9.17, 15) is 9.59 Å². The van der Waals surface area contributed by atoms with Gasteiger partial charge >= 0.3 is 6.09 Å². The lowest BCUT2D eigenvalue weighted by Crippen LogP contribution is -2.61. The molecule has 5 nitrogen and oxygen atoms in total. The van der Waals surface area contributed by atoms with Gasteiger partial charge in [0.2, 0.25) is 5.91 Å². The highest BCUT2D eigenvalue weighted by Crippen LogP contribution is 2.54. The number of nitrogens with zero attached hydrogens (tertiary/aromatic N) is 1. The van der Waals surface area contributed by atoms with Crippen LogP contribution in [0.15, 0.2) is 0 Å². The number of nitrogens with one attached hydrogen (secondary N) is 1. The summed E-state index contributed by atoms with van der Waals surface area (Å²) in [5.74, 6) is 2.36. The van der Waals surface area contributed by atoms with Crippen LogP contribution in [0.5, 0.6) is 0 Å². The van der Waals surface area contributed by atoms with Crippen molar-refractivity contribution in [3.63, 3.8) is 0 Å². The normalized spacial score (nSPS) is 34.2. The van der Waals surface area contributed by atoms with E-state index in [1.54, 1.807) is 6.92 Å². The summed E-state index contributed by atoms with van der Waals surface area (Å²) in [5, 5.41) is 2.82. The molecule has 4 rings (SSSR count). The summed E-state index contributed by atoms with van der Waals surface area (Å²) in [7, 11) is 0. The van der Waals surface area contributed by atoms with Crippen LogP contribution in [0.25, 0.3) is 0 Å². The second-order valence-corrected chi connectivity index (χ2v) is 8.62. The standard InChI is InChI=1S/C19H30N2O3/c1-2-24-18(23)20-16-8-15(9-16)17(22)21-11-19(12-21)7-6-14(10-19)13-4-3-5-13/h13-16H,2-12H2,1H3,(H,20,23). The highest BCUT2D eigenvalue weighted by atomic mass is 16.5. The van der Waals surface area contributed by atoms with Crippen LogP contribution >= 0.6 is 0 Å². The molecule has 1 atom stereocenters. The average molecular weight is 334 g/mol. The smallest absolute Gasteiger partial charge is 0.407 e. The van der Waals surface area contributed by atoms with Crippen LogP contribution in [0.1, 0.15) is 58.3 Å². The molecule has 4 aliphatic rings. The van der Waals surface area contributed by atoms with Crippen LogP contribution in [0, 0.1) is 23.2 Å². The second-order valence-electron chi connectivity index (χ2n) is 8.62. The van der Waals surface area contributed by atoms with E-state index < -0.39 is 0 Å². The first-order valence-electron chi connectivity index (χ1n) is 9.81. The van der Waals surface area contributed by atoms with E-state index in [1.165, 1.54) is 38.5 Å². The Hall–Kier alpha value is -1.26. The molecular formula is C19H30N2O3. The minimum atomic E-state index is -0.357. The number of hydrogen-bond donors (Lipinski definition) is 1. The SMILES string of the molecule is CCOC(=O)NC1CC(C(=O)N2CC3(CCC(C4CCC4)C3)C2)C1. The molecule has 4 fully saturated rings. The number of rotatable bonds is 4. The van der Waals surface area contributed by atoms with Crippen molar-refractivity contribution in [2.24, 2.45) is 23.2 Å². The van der Waals surface area contributed by atoms with Crippen molar-refractivity contribution < 1.29 is 14.3 Å². The largest absolute Gasteiger partial charge is 0.450 e. The molecule has 3 aliphatic carbocycles. The topological polar surface area (TPSA) is 58.6 Å². The van der Waals surface area contributed by atoms with Gasteiger partial charge in [0, 0.05) is 30.5 Å². The van der Waals surface area contributed by atoms with Crippen LogP contribution in [-0.4, -0.2) is 42.6 Å². The maximum Gasteiger partial charge on any atom is 0.407 e. The number of likely N-dealkylation sites (tertiary alicyclic amines) is 1. The Bertz CT molecular complexity index is 505. The third kappa shape index (κ3) is 2.91. The molecule has 0 aromatic carbocycles. The van der Waals surface area contributed by atoms with Crippen molar-refractivity contribution in [1.82, 2.24) is 10.2 Å². The van der Waals surface area contributed by atoms with Gasteiger partial charge in [-0.05, 0) is 50.9 Å². The lowest BCUT2D eigenvalue weighted by atomic mass is 9.71. The molecule has 0 aromatic heterocycles. The van der Waals surface area contributed by atoms with Gasteiger partial charge in [-0.2, -0.15) is 0 Å². The Morgan fingerprint density at radius 2 is 1.92 bits per heavy atom. The number of carbonyl (C=O) groups excluding carboxylic acids is 2. The van der Waals surface area contributed by atoms with E-state index >= 15 is 0 Å². The van der Waals surface area contributed by atoms with Crippen LogP contribution in [-0.2, 0) is 9.53 Å². The van der Waals surface area contributed by atoms with Crippen molar-refractivity contribution in [3.05, 3.63) is 0 Å². The molecule has 5 heteroatoms. The Balaban J connectivity index is 1.18. The average Bonchev–Trinajstić information content (AvgIpc) is 2.83. The van der Waals surface area contributed by atoms with Gasteiger partial charge in [0.1, 0.15) is 0 Å². The number of alkyl carbamates (subject to hydrolysis) is 1. The Morgan fingerprint density at radius 3 is 2.54 bits per heavy atom. The fourth-order valence-electron chi connectivity index (χ4n) is 5.31. The van der Waals surface area contributed by atoms with Gasteiger partial charge in [0.15, 0.2) is 0 Å². The zero-order valence-electron chi connectivity index (χ0n) is 14.8. The Morgan fingerprint density at radius 1 is 1.17 bits per heavy atom. The summed E-state index contributed by atoms with van der Waals surface area (Å²) in [6, 6.07) is 0.114. The van der Waals surface area contributed by atoms with Gasteiger partial charge in [0.25, 0.3) is 0 Å².